The highest BCUT2D eigenvalue weighted by Gasteiger charge is 2.29. The number of piperidine rings is 1. The minimum Gasteiger partial charge on any atom is -0.341 e. The van der Waals surface area contributed by atoms with Gasteiger partial charge in [0.25, 0.3) is 0 Å². The van der Waals surface area contributed by atoms with Crippen LogP contribution in [0.15, 0.2) is 12.3 Å². The normalized spacial score (nSPS) is 19.9. The third-order valence-corrected chi connectivity index (χ3v) is 4.63. The lowest BCUT2D eigenvalue weighted by Crippen LogP contribution is -2.49. The van der Waals surface area contributed by atoms with E-state index >= 15 is 0 Å². The van der Waals surface area contributed by atoms with E-state index in [2.05, 4.69) is 18.1 Å². The van der Waals surface area contributed by atoms with Crippen molar-refractivity contribution < 1.29 is 4.79 Å². The summed E-state index contributed by atoms with van der Waals surface area (Å²) in [7, 11) is 1.98. The minimum absolute atomic E-state index is 0.114. The number of carbonyl (C=O) groups excluding carboxylic acids is 1. The fraction of sp³-hybridized carbons (Fsp3) is 0.733. The molecule has 0 aromatic carbocycles. The molecule has 0 unspecified atom stereocenters. The Kier molecular flexibility index (Phi) is 4.81. The molecule has 1 saturated heterocycles. The Bertz CT molecular complexity index is 448. The highest BCUT2D eigenvalue weighted by molar-refractivity contribution is 5.82. The summed E-state index contributed by atoms with van der Waals surface area (Å²) in [5.74, 6) is 0.867. The molecule has 2 atom stereocenters. The number of hydrogen-bond donors (Lipinski definition) is 1. The molecule has 0 bridgehead atoms. The quantitative estimate of drug-likeness (QED) is 0.907. The van der Waals surface area contributed by atoms with Crippen LogP contribution in [0.4, 0.5) is 0 Å². The minimum atomic E-state index is -0.353. The predicted octanol–water partition coefficient (Wildman–Crippen LogP) is 1.50. The van der Waals surface area contributed by atoms with E-state index in [-0.39, 0.29) is 17.9 Å². The third kappa shape index (κ3) is 3.03. The maximum atomic E-state index is 12.3. The molecular weight excluding hydrogens is 252 g/mol. The zero-order valence-corrected chi connectivity index (χ0v) is 12.7. The first-order valence-electron chi connectivity index (χ1n) is 7.56. The molecule has 0 radical (unpaired) electrons. The van der Waals surface area contributed by atoms with Gasteiger partial charge in [-0.15, -0.1) is 0 Å². The van der Waals surface area contributed by atoms with Crippen LogP contribution in [-0.4, -0.2) is 39.7 Å². The number of nitrogens with zero attached hydrogens (tertiary/aromatic N) is 3. The first-order chi connectivity index (χ1) is 9.54. The van der Waals surface area contributed by atoms with E-state index in [0.717, 1.165) is 32.4 Å². The molecule has 2 rings (SSSR count). The summed E-state index contributed by atoms with van der Waals surface area (Å²) in [4.78, 5) is 14.3. The summed E-state index contributed by atoms with van der Waals surface area (Å²) in [6, 6.07) is 1.72. The second-order valence-corrected chi connectivity index (χ2v) is 5.89. The number of amides is 1. The van der Waals surface area contributed by atoms with Crippen molar-refractivity contribution >= 4 is 5.91 Å². The Labute approximate surface area is 121 Å². The Hall–Kier alpha value is -1.36. The average Bonchev–Trinajstić information content (AvgIpc) is 2.91. The van der Waals surface area contributed by atoms with Gasteiger partial charge in [0.05, 0.1) is 6.04 Å². The maximum Gasteiger partial charge on any atom is 0.239 e. The fourth-order valence-corrected chi connectivity index (χ4v) is 2.89. The molecular formula is C15H26N4O. The molecule has 1 aliphatic heterocycles. The van der Waals surface area contributed by atoms with Gasteiger partial charge in [-0.1, -0.05) is 20.3 Å². The van der Waals surface area contributed by atoms with Gasteiger partial charge in [-0.3, -0.25) is 9.48 Å². The van der Waals surface area contributed by atoms with Crippen molar-refractivity contribution in [3.05, 3.63) is 18.0 Å². The van der Waals surface area contributed by atoms with Gasteiger partial charge in [-0.2, -0.15) is 5.10 Å². The molecule has 1 aromatic rings. The van der Waals surface area contributed by atoms with Crippen molar-refractivity contribution in [1.82, 2.24) is 14.7 Å². The molecule has 1 fully saturated rings. The lowest BCUT2D eigenvalue weighted by atomic mass is 9.92. The zero-order chi connectivity index (χ0) is 14.7. The third-order valence-electron chi connectivity index (χ3n) is 4.63. The van der Waals surface area contributed by atoms with Gasteiger partial charge in [-0.05, 0) is 24.8 Å². The second-order valence-electron chi connectivity index (χ2n) is 5.89. The Morgan fingerprint density at radius 1 is 1.50 bits per heavy atom. The molecule has 0 saturated carbocycles. The van der Waals surface area contributed by atoms with Gasteiger partial charge in [0.1, 0.15) is 0 Å². The molecule has 2 heterocycles. The summed E-state index contributed by atoms with van der Waals surface area (Å²) in [6.45, 7) is 5.73. The molecule has 5 nitrogen and oxygen atoms in total. The lowest BCUT2D eigenvalue weighted by molar-refractivity contribution is -0.134. The van der Waals surface area contributed by atoms with Gasteiger partial charge in [-0.25, -0.2) is 0 Å². The Balaban J connectivity index is 1.91. The number of likely N-dealkylation sites (tertiary alicyclic amines) is 1. The van der Waals surface area contributed by atoms with E-state index in [1.807, 2.05) is 29.7 Å². The van der Waals surface area contributed by atoms with E-state index < -0.39 is 0 Å². The van der Waals surface area contributed by atoms with Crippen LogP contribution < -0.4 is 5.73 Å². The van der Waals surface area contributed by atoms with E-state index in [1.165, 1.54) is 5.69 Å². The summed E-state index contributed by atoms with van der Waals surface area (Å²) in [6.07, 6.45) is 4.78. The van der Waals surface area contributed by atoms with Crippen LogP contribution in [0.5, 0.6) is 0 Å². The molecule has 1 aromatic heterocycles. The van der Waals surface area contributed by atoms with Crippen LogP contribution in [0.2, 0.25) is 0 Å². The number of nitrogens with two attached hydrogens (primary N) is 1. The SMILES string of the molecule is CC[C@@H](C)[C@@H](N)C(=O)N1CCC(c2ccnn2C)CC1. The summed E-state index contributed by atoms with van der Waals surface area (Å²) >= 11 is 0. The molecule has 2 N–H and O–H groups in total. The number of aryl methyl sites for hydroxylation is 1. The van der Waals surface area contributed by atoms with Crippen molar-refractivity contribution in [1.29, 1.82) is 0 Å². The zero-order valence-electron chi connectivity index (χ0n) is 12.7. The monoisotopic (exact) mass is 278 g/mol. The first-order valence-corrected chi connectivity index (χ1v) is 7.56. The van der Waals surface area contributed by atoms with Crippen LogP contribution in [-0.2, 0) is 11.8 Å². The van der Waals surface area contributed by atoms with E-state index in [0.29, 0.717) is 5.92 Å². The first kappa shape index (κ1) is 15.0. The topological polar surface area (TPSA) is 64.2 Å². The van der Waals surface area contributed by atoms with E-state index in [9.17, 15) is 4.79 Å². The van der Waals surface area contributed by atoms with Crippen molar-refractivity contribution in [2.75, 3.05) is 13.1 Å². The van der Waals surface area contributed by atoms with Crippen LogP contribution in [0.1, 0.15) is 44.7 Å². The number of hydrogen-bond acceptors (Lipinski definition) is 3. The molecule has 1 amide bonds. The fourth-order valence-electron chi connectivity index (χ4n) is 2.89. The van der Waals surface area contributed by atoms with E-state index in [1.54, 1.807) is 0 Å². The molecule has 0 spiro atoms. The smallest absolute Gasteiger partial charge is 0.239 e. The van der Waals surface area contributed by atoms with Gasteiger partial charge in [0.15, 0.2) is 0 Å². The predicted molar refractivity (Wildman–Crippen MR) is 79.2 cm³/mol. The van der Waals surface area contributed by atoms with Crippen molar-refractivity contribution in [3.8, 4) is 0 Å². The summed E-state index contributed by atoms with van der Waals surface area (Å²) in [5, 5.41) is 4.22. The molecule has 20 heavy (non-hydrogen) atoms. The number of aromatic nitrogens is 2. The van der Waals surface area contributed by atoms with Gasteiger partial charge in [0, 0.05) is 37.9 Å². The van der Waals surface area contributed by atoms with E-state index in [4.69, 9.17) is 5.73 Å². The van der Waals surface area contributed by atoms with Crippen LogP contribution in [0.25, 0.3) is 0 Å². The number of carbonyl (C=O) groups is 1. The van der Waals surface area contributed by atoms with Gasteiger partial charge < -0.3 is 10.6 Å². The molecule has 0 aliphatic carbocycles. The lowest BCUT2D eigenvalue weighted by Gasteiger charge is -2.34. The standard InChI is InChI=1S/C15H26N4O/c1-4-11(2)14(16)15(20)19-9-6-12(7-10-19)13-5-8-17-18(13)3/h5,8,11-12,14H,4,6-7,9-10,16H2,1-3H3/t11-,14-/m1/s1. The van der Waals surface area contributed by atoms with Crippen molar-refractivity contribution in [2.24, 2.45) is 18.7 Å². The molecule has 112 valence electrons. The van der Waals surface area contributed by atoms with Crippen molar-refractivity contribution in [2.45, 2.75) is 45.1 Å². The maximum absolute atomic E-state index is 12.3. The summed E-state index contributed by atoms with van der Waals surface area (Å²) in [5.41, 5.74) is 7.32. The van der Waals surface area contributed by atoms with Crippen LogP contribution in [0.3, 0.4) is 0 Å². The summed E-state index contributed by atoms with van der Waals surface area (Å²) < 4.78 is 1.94. The van der Waals surface area contributed by atoms with Crippen LogP contribution in [0, 0.1) is 5.92 Å². The highest BCUT2D eigenvalue weighted by atomic mass is 16.2. The number of rotatable bonds is 4. The van der Waals surface area contributed by atoms with Crippen LogP contribution >= 0.6 is 0 Å². The Morgan fingerprint density at radius 3 is 2.65 bits per heavy atom. The molecule has 5 heteroatoms. The van der Waals surface area contributed by atoms with Gasteiger partial charge >= 0.3 is 0 Å². The van der Waals surface area contributed by atoms with Gasteiger partial charge in [0.2, 0.25) is 5.91 Å². The van der Waals surface area contributed by atoms with Crippen molar-refractivity contribution in [3.63, 3.8) is 0 Å². The molecule has 1 aliphatic rings. The largest absolute Gasteiger partial charge is 0.341 e. The highest BCUT2D eigenvalue weighted by Crippen LogP contribution is 2.27. The second kappa shape index (κ2) is 6.39. The Morgan fingerprint density at radius 2 is 2.15 bits per heavy atom. The average molecular weight is 278 g/mol.